The summed E-state index contributed by atoms with van der Waals surface area (Å²) in [7, 11) is 0. The summed E-state index contributed by atoms with van der Waals surface area (Å²) < 4.78 is 2.05. The molecule has 1 saturated heterocycles. The Morgan fingerprint density at radius 1 is 1.17 bits per heavy atom. The van der Waals surface area contributed by atoms with Gasteiger partial charge in [0.2, 0.25) is 0 Å². The van der Waals surface area contributed by atoms with Gasteiger partial charge in [-0.15, -0.1) is 11.3 Å². The number of halogens is 1. The van der Waals surface area contributed by atoms with Gasteiger partial charge in [-0.2, -0.15) is 0 Å². The molecule has 0 saturated carbocycles. The maximum atomic E-state index is 13.1. The van der Waals surface area contributed by atoms with Crippen molar-refractivity contribution >= 4 is 38.8 Å². The van der Waals surface area contributed by atoms with Crippen molar-refractivity contribution in [2.24, 2.45) is 0 Å². The van der Waals surface area contributed by atoms with Gasteiger partial charge < -0.3 is 10.0 Å². The molecular formula is C22H19ClN4O2S. The standard InChI is InChI=1S/C22H19ClN4O2S/c1-22(29)8-9-26(12-22)16-6-7-19(24-11-16)27-13-25-17-10-18(30-20(17)21(27)28)14-2-4-15(23)5-3-14/h2-7,10-11,13,29H,8-9,12H2,1H3/t22-/m1/s1. The van der Waals surface area contributed by atoms with Gasteiger partial charge in [-0.3, -0.25) is 4.79 Å². The third-order valence-corrected chi connectivity index (χ3v) is 6.78. The molecule has 0 amide bonds. The van der Waals surface area contributed by atoms with E-state index in [1.165, 1.54) is 22.2 Å². The zero-order chi connectivity index (χ0) is 20.9. The average molecular weight is 439 g/mol. The third-order valence-electron chi connectivity index (χ3n) is 5.36. The van der Waals surface area contributed by atoms with Gasteiger partial charge in [0.05, 0.1) is 23.0 Å². The van der Waals surface area contributed by atoms with E-state index in [1.807, 2.05) is 49.4 Å². The van der Waals surface area contributed by atoms with Gasteiger partial charge in [-0.25, -0.2) is 14.5 Å². The van der Waals surface area contributed by atoms with Gasteiger partial charge in [0.15, 0.2) is 0 Å². The normalized spacial score (nSPS) is 19.0. The number of benzene rings is 1. The second-order valence-electron chi connectivity index (χ2n) is 7.79. The smallest absolute Gasteiger partial charge is 0.277 e. The number of anilines is 1. The number of fused-ring (bicyclic) bond motifs is 1. The molecule has 30 heavy (non-hydrogen) atoms. The summed E-state index contributed by atoms with van der Waals surface area (Å²) in [6.07, 6.45) is 3.98. The molecule has 8 heteroatoms. The quantitative estimate of drug-likeness (QED) is 0.521. The van der Waals surface area contributed by atoms with Crippen LogP contribution in [0.15, 0.2) is 59.8 Å². The van der Waals surface area contributed by atoms with E-state index < -0.39 is 5.60 Å². The number of hydrogen-bond acceptors (Lipinski definition) is 6. The van der Waals surface area contributed by atoms with Crippen molar-refractivity contribution in [3.8, 4) is 16.3 Å². The van der Waals surface area contributed by atoms with Crippen LogP contribution in [0.5, 0.6) is 0 Å². The maximum absolute atomic E-state index is 13.1. The van der Waals surface area contributed by atoms with Gasteiger partial charge in [0.25, 0.3) is 5.56 Å². The summed E-state index contributed by atoms with van der Waals surface area (Å²) in [4.78, 5) is 25.1. The number of hydrogen-bond donors (Lipinski definition) is 1. The van der Waals surface area contributed by atoms with Crippen molar-refractivity contribution in [2.45, 2.75) is 18.9 Å². The highest BCUT2D eigenvalue weighted by Gasteiger charge is 2.31. The van der Waals surface area contributed by atoms with Crippen LogP contribution in [0.4, 0.5) is 5.69 Å². The molecular weight excluding hydrogens is 420 g/mol. The zero-order valence-corrected chi connectivity index (χ0v) is 17.8. The molecule has 0 unspecified atom stereocenters. The zero-order valence-electron chi connectivity index (χ0n) is 16.2. The maximum Gasteiger partial charge on any atom is 0.277 e. The van der Waals surface area contributed by atoms with E-state index in [0.717, 1.165) is 29.1 Å². The lowest BCUT2D eigenvalue weighted by Gasteiger charge is -2.20. The lowest BCUT2D eigenvalue weighted by molar-refractivity contribution is 0.0839. The highest BCUT2D eigenvalue weighted by molar-refractivity contribution is 7.22. The van der Waals surface area contributed by atoms with Gasteiger partial charge in [-0.1, -0.05) is 23.7 Å². The van der Waals surface area contributed by atoms with E-state index in [1.54, 1.807) is 6.20 Å². The molecule has 1 aliphatic heterocycles. The molecule has 0 aliphatic carbocycles. The van der Waals surface area contributed by atoms with Gasteiger partial charge >= 0.3 is 0 Å². The molecule has 6 nitrogen and oxygen atoms in total. The molecule has 0 radical (unpaired) electrons. The molecule has 1 atom stereocenters. The molecule has 0 spiro atoms. The Labute approximate surface area is 182 Å². The van der Waals surface area contributed by atoms with Crippen LogP contribution in [0.3, 0.4) is 0 Å². The van der Waals surface area contributed by atoms with Gasteiger partial charge in [0, 0.05) is 23.0 Å². The summed E-state index contributed by atoms with van der Waals surface area (Å²) in [6.45, 7) is 3.20. The Morgan fingerprint density at radius 3 is 2.63 bits per heavy atom. The van der Waals surface area contributed by atoms with Gasteiger partial charge in [0.1, 0.15) is 16.8 Å². The Morgan fingerprint density at radius 2 is 1.97 bits per heavy atom. The topological polar surface area (TPSA) is 71.2 Å². The Balaban J connectivity index is 1.48. The Hall–Kier alpha value is -2.74. The summed E-state index contributed by atoms with van der Waals surface area (Å²) >= 11 is 7.39. The number of nitrogens with zero attached hydrogens (tertiary/aromatic N) is 4. The molecule has 1 aromatic carbocycles. The fourth-order valence-electron chi connectivity index (χ4n) is 3.71. The van der Waals surface area contributed by atoms with Crippen molar-refractivity contribution in [1.29, 1.82) is 0 Å². The molecule has 1 fully saturated rings. The fraction of sp³-hybridized carbons (Fsp3) is 0.227. The molecule has 0 bridgehead atoms. The van der Waals surface area contributed by atoms with Crippen LogP contribution >= 0.6 is 22.9 Å². The fourth-order valence-corrected chi connectivity index (χ4v) is 4.88. The second-order valence-corrected chi connectivity index (χ2v) is 9.28. The van der Waals surface area contributed by atoms with Crippen LogP contribution in [-0.2, 0) is 0 Å². The van der Waals surface area contributed by atoms with Crippen molar-refractivity contribution < 1.29 is 5.11 Å². The summed E-state index contributed by atoms with van der Waals surface area (Å²) in [5.41, 5.74) is 1.78. The molecule has 1 N–H and O–H groups in total. The number of thiophene rings is 1. The number of aliphatic hydroxyl groups is 1. The minimum atomic E-state index is -0.675. The van der Waals surface area contributed by atoms with Crippen LogP contribution in [-0.4, -0.2) is 38.3 Å². The van der Waals surface area contributed by atoms with Crippen LogP contribution in [0.25, 0.3) is 26.5 Å². The number of aromatic nitrogens is 3. The van der Waals surface area contributed by atoms with Crippen molar-refractivity contribution in [3.63, 3.8) is 0 Å². The number of pyridine rings is 1. The number of rotatable bonds is 3. The van der Waals surface area contributed by atoms with E-state index >= 15 is 0 Å². The summed E-state index contributed by atoms with van der Waals surface area (Å²) in [5.74, 6) is 0.519. The van der Waals surface area contributed by atoms with E-state index in [9.17, 15) is 9.90 Å². The van der Waals surface area contributed by atoms with E-state index in [2.05, 4.69) is 14.9 Å². The van der Waals surface area contributed by atoms with Crippen molar-refractivity contribution in [1.82, 2.24) is 14.5 Å². The van der Waals surface area contributed by atoms with Crippen molar-refractivity contribution in [2.75, 3.05) is 18.0 Å². The highest BCUT2D eigenvalue weighted by atomic mass is 35.5. The lowest BCUT2D eigenvalue weighted by atomic mass is 10.1. The lowest BCUT2D eigenvalue weighted by Crippen LogP contribution is -2.29. The molecule has 4 aromatic rings. The summed E-state index contributed by atoms with van der Waals surface area (Å²) in [5, 5.41) is 10.8. The van der Waals surface area contributed by atoms with Crippen LogP contribution in [0.2, 0.25) is 5.02 Å². The van der Waals surface area contributed by atoms with Crippen LogP contribution in [0, 0.1) is 0 Å². The molecule has 5 rings (SSSR count). The summed E-state index contributed by atoms with van der Waals surface area (Å²) in [6, 6.07) is 13.2. The first-order valence-electron chi connectivity index (χ1n) is 9.61. The SMILES string of the molecule is C[C@@]1(O)CCN(c2ccc(-n3cnc4cc(-c5ccc(Cl)cc5)sc4c3=O)nc2)C1. The monoisotopic (exact) mass is 438 g/mol. The molecule has 1 aliphatic rings. The Bertz CT molecular complexity index is 1280. The van der Waals surface area contributed by atoms with Gasteiger partial charge in [-0.05, 0) is 49.2 Å². The molecule has 4 heterocycles. The third kappa shape index (κ3) is 3.49. The average Bonchev–Trinajstić information content (AvgIpc) is 3.33. The predicted molar refractivity (Wildman–Crippen MR) is 121 cm³/mol. The molecule has 3 aromatic heterocycles. The second kappa shape index (κ2) is 7.19. The van der Waals surface area contributed by atoms with Crippen LogP contribution in [0.1, 0.15) is 13.3 Å². The first kappa shape index (κ1) is 19.2. The van der Waals surface area contributed by atoms with E-state index in [0.29, 0.717) is 27.6 Å². The molecule has 152 valence electrons. The van der Waals surface area contributed by atoms with E-state index in [-0.39, 0.29) is 5.56 Å². The number of β-amino-alcohol motifs (C(OH)–C–C–N with tert-alkyl or cyclic N) is 1. The first-order chi connectivity index (χ1) is 14.4. The van der Waals surface area contributed by atoms with E-state index in [4.69, 9.17) is 11.6 Å². The minimum Gasteiger partial charge on any atom is -0.388 e. The largest absolute Gasteiger partial charge is 0.388 e. The predicted octanol–water partition coefficient (Wildman–Crippen LogP) is 4.12. The minimum absolute atomic E-state index is 0.144. The highest BCUT2D eigenvalue weighted by Crippen LogP contribution is 2.32. The van der Waals surface area contributed by atoms with Crippen molar-refractivity contribution in [3.05, 3.63) is 70.4 Å². The first-order valence-corrected chi connectivity index (χ1v) is 10.8. The van der Waals surface area contributed by atoms with Crippen LogP contribution < -0.4 is 10.5 Å². The Kier molecular flexibility index (Phi) is 4.61.